The van der Waals surface area contributed by atoms with E-state index in [-0.39, 0.29) is 29.8 Å². The van der Waals surface area contributed by atoms with E-state index in [1.54, 1.807) is 13.8 Å². The van der Waals surface area contributed by atoms with Gasteiger partial charge in [0.05, 0.1) is 6.61 Å². The molecule has 0 saturated carbocycles. The van der Waals surface area contributed by atoms with Crippen molar-refractivity contribution in [3.05, 3.63) is 18.0 Å². The third-order valence-electron chi connectivity index (χ3n) is 2.65. The van der Waals surface area contributed by atoms with Gasteiger partial charge < -0.3 is 14.4 Å². The van der Waals surface area contributed by atoms with Gasteiger partial charge in [0.15, 0.2) is 0 Å². The fourth-order valence-electron chi connectivity index (χ4n) is 1.68. The Morgan fingerprint density at radius 1 is 1.50 bits per heavy atom. The molecular weight excluding hydrogens is 284 g/mol. The smallest absolute Gasteiger partial charge is 0.352 e. The molecule has 7 nitrogen and oxygen atoms in total. The lowest BCUT2D eigenvalue weighted by Gasteiger charge is -2.09. The molecule has 0 aromatic carbocycles. The van der Waals surface area contributed by atoms with Crippen LogP contribution in [0.5, 0.6) is 0 Å². The average Bonchev–Trinajstić information content (AvgIpc) is 2.80. The Hall–Kier alpha value is -1.38. The van der Waals surface area contributed by atoms with Gasteiger partial charge in [-0.25, -0.2) is 17.9 Å². The summed E-state index contributed by atoms with van der Waals surface area (Å²) in [7, 11) is -3.72. The zero-order chi connectivity index (χ0) is 15.3. The average molecular weight is 304 g/mol. The minimum absolute atomic E-state index is 0.0508. The summed E-state index contributed by atoms with van der Waals surface area (Å²) in [5.74, 6) is -1.16. The van der Waals surface area contributed by atoms with Crippen molar-refractivity contribution in [2.24, 2.45) is 0 Å². The second kappa shape index (κ2) is 6.87. The number of carboxylic acids is 1. The van der Waals surface area contributed by atoms with Crippen LogP contribution in [0.25, 0.3) is 0 Å². The van der Waals surface area contributed by atoms with E-state index >= 15 is 0 Å². The molecule has 0 atom stereocenters. The van der Waals surface area contributed by atoms with Crippen molar-refractivity contribution in [1.29, 1.82) is 0 Å². The molecule has 20 heavy (non-hydrogen) atoms. The highest BCUT2D eigenvalue weighted by Crippen LogP contribution is 2.18. The van der Waals surface area contributed by atoms with E-state index in [1.165, 1.54) is 10.8 Å². The molecule has 0 spiro atoms. The minimum Gasteiger partial charge on any atom is -0.477 e. The summed E-state index contributed by atoms with van der Waals surface area (Å²) < 4.78 is 32.9. The number of aromatic nitrogens is 1. The van der Waals surface area contributed by atoms with Crippen LogP contribution < -0.4 is 4.72 Å². The maximum absolute atomic E-state index is 12.0. The Morgan fingerprint density at radius 3 is 2.60 bits per heavy atom. The van der Waals surface area contributed by atoms with Crippen molar-refractivity contribution in [2.75, 3.05) is 19.8 Å². The molecular formula is C12H20N2O5S. The van der Waals surface area contributed by atoms with Crippen molar-refractivity contribution in [3.8, 4) is 0 Å². The molecule has 0 aliphatic carbocycles. The summed E-state index contributed by atoms with van der Waals surface area (Å²) in [5.41, 5.74) is -0.0508. The Labute approximate surface area is 118 Å². The summed E-state index contributed by atoms with van der Waals surface area (Å²) in [6, 6.07) is 1.01. The molecule has 0 unspecified atom stereocenters. The van der Waals surface area contributed by atoms with Crippen molar-refractivity contribution < 1.29 is 23.1 Å². The maximum Gasteiger partial charge on any atom is 0.352 e. The van der Waals surface area contributed by atoms with Gasteiger partial charge in [-0.2, -0.15) is 0 Å². The minimum atomic E-state index is -3.72. The molecule has 1 rings (SSSR count). The first-order valence-corrected chi connectivity index (χ1v) is 7.80. The Kier molecular flexibility index (Phi) is 5.73. The van der Waals surface area contributed by atoms with Gasteiger partial charge in [0.2, 0.25) is 10.0 Å². The van der Waals surface area contributed by atoms with Crippen LogP contribution in [-0.4, -0.2) is 43.8 Å². The molecule has 0 bridgehead atoms. The van der Waals surface area contributed by atoms with E-state index in [1.807, 2.05) is 6.92 Å². The van der Waals surface area contributed by atoms with Crippen molar-refractivity contribution in [2.45, 2.75) is 31.7 Å². The number of hydrogen-bond donors (Lipinski definition) is 2. The number of carbonyl (C=O) groups is 1. The number of nitrogens with one attached hydrogen (secondary N) is 1. The predicted octanol–water partition coefficient (Wildman–Crippen LogP) is 1.08. The van der Waals surface area contributed by atoms with Gasteiger partial charge >= 0.3 is 5.97 Å². The predicted molar refractivity (Wildman–Crippen MR) is 73.5 cm³/mol. The van der Waals surface area contributed by atoms with Gasteiger partial charge in [0, 0.05) is 25.4 Å². The molecule has 0 fully saturated rings. The van der Waals surface area contributed by atoms with Gasteiger partial charge in [-0.05, 0) is 26.8 Å². The number of sulfonamides is 1. The van der Waals surface area contributed by atoms with Gasteiger partial charge in [0.25, 0.3) is 0 Å². The number of rotatable bonds is 8. The lowest BCUT2D eigenvalue weighted by molar-refractivity contribution is 0.0683. The number of hydrogen-bond acceptors (Lipinski definition) is 4. The van der Waals surface area contributed by atoms with Gasteiger partial charge in [-0.3, -0.25) is 0 Å². The highest BCUT2D eigenvalue weighted by Gasteiger charge is 2.22. The van der Waals surface area contributed by atoms with Crippen molar-refractivity contribution in [1.82, 2.24) is 9.29 Å². The summed E-state index contributed by atoms with van der Waals surface area (Å²) in [4.78, 5) is 11.1. The lowest BCUT2D eigenvalue weighted by Crippen LogP contribution is -2.27. The van der Waals surface area contributed by atoms with Crippen molar-refractivity contribution in [3.63, 3.8) is 0 Å². The third kappa shape index (κ3) is 4.06. The fraction of sp³-hybridized carbons (Fsp3) is 0.583. The maximum atomic E-state index is 12.0. The normalized spacial score (nSPS) is 12.0. The number of carboxylic acid groups (broad SMARTS) is 1. The van der Waals surface area contributed by atoms with Crippen LogP contribution in [0.15, 0.2) is 17.2 Å². The van der Waals surface area contributed by atoms with E-state index in [9.17, 15) is 13.2 Å². The summed E-state index contributed by atoms with van der Waals surface area (Å²) >= 11 is 0. The highest BCUT2D eigenvalue weighted by molar-refractivity contribution is 7.89. The van der Waals surface area contributed by atoms with E-state index in [0.29, 0.717) is 6.61 Å². The number of aromatic carboxylic acids is 1. The largest absolute Gasteiger partial charge is 0.477 e. The molecule has 0 aliphatic rings. The summed E-state index contributed by atoms with van der Waals surface area (Å²) in [6.45, 7) is 6.31. The van der Waals surface area contributed by atoms with Crippen LogP contribution in [0.1, 0.15) is 37.3 Å². The quantitative estimate of drug-likeness (QED) is 0.700. The topological polar surface area (TPSA) is 97.6 Å². The zero-order valence-electron chi connectivity index (χ0n) is 11.8. The monoisotopic (exact) mass is 304 g/mol. The van der Waals surface area contributed by atoms with Crippen LogP contribution in [0.4, 0.5) is 0 Å². The van der Waals surface area contributed by atoms with Gasteiger partial charge in [0.1, 0.15) is 10.6 Å². The molecule has 114 valence electrons. The van der Waals surface area contributed by atoms with E-state index in [2.05, 4.69) is 4.72 Å². The fourth-order valence-corrected chi connectivity index (χ4v) is 2.71. The highest BCUT2D eigenvalue weighted by atomic mass is 32.2. The van der Waals surface area contributed by atoms with Crippen molar-refractivity contribution >= 4 is 16.0 Å². The molecule has 0 amide bonds. The second-order valence-electron chi connectivity index (χ2n) is 4.46. The van der Waals surface area contributed by atoms with Crippen LogP contribution >= 0.6 is 0 Å². The Morgan fingerprint density at radius 2 is 2.15 bits per heavy atom. The van der Waals surface area contributed by atoms with E-state index in [0.717, 1.165) is 6.07 Å². The third-order valence-corrected chi connectivity index (χ3v) is 4.08. The van der Waals surface area contributed by atoms with Crippen LogP contribution in [0.3, 0.4) is 0 Å². The first-order valence-electron chi connectivity index (χ1n) is 6.32. The Balaban J connectivity index is 2.95. The molecule has 0 saturated heterocycles. The molecule has 1 heterocycles. The van der Waals surface area contributed by atoms with Crippen LogP contribution in [0, 0.1) is 0 Å². The first kappa shape index (κ1) is 16.7. The molecule has 2 N–H and O–H groups in total. The standard InChI is InChI=1S/C12H20N2O5S/c1-4-19-6-5-13-20(17,18)10-7-11(12(15)16)14(8-10)9(2)3/h7-9,13H,4-6H2,1-3H3,(H,15,16). The molecule has 0 aliphatic heterocycles. The van der Waals surface area contributed by atoms with E-state index < -0.39 is 16.0 Å². The van der Waals surface area contributed by atoms with Gasteiger partial charge in [-0.15, -0.1) is 0 Å². The molecule has 8 heteroatoms. The van der Waals surface area contributed by atoms with Crippen LogP contribution in [-0.2, 0) is 14.8 Å². The number of ether oxygens (including phenoxy) is 1. The van der Waals surface area contributed by atoms with Crippen LogP contribution in [0.2, 0.25) is 0 Å². The summed E-state index contributed by atoms with van der Waals surface area (Å²) in [6.07, 6.45) is 1.33. The first-order chi connectivity index (χ1) is 9.29. The number of nitrogens with zero attached hydrogens (tertiary/aromatic N) is 1. The molecule has 1 aromatic rings. The molecule has 0 radical (unpaired) electrons. The molecule has 1 aromatic heterocycles. The zero-order valence-corrected chi connectivity index (χ0v) is 12.6. The second-order valence-corrected chi connectivity index (χ2v) is 6.23. The lowest BCUT2D eigenvalue weighted by atomic mass is 10.3. The summed E-state index contributed by atoms with van der Waals surface area (Å²) in [5, 5.41) is 9.08. The van der Waals surface area contributed by atoms with E-state index in [4.69, 9.17) is 9.84 Å². The SMILES string of the molecule is CCOCCNS(=O)(=O)c1cc(C(=O)O)n(C(C)C)c1. The van der Waals surface area contributed by atoms with Gasteiger partial charge in [-0.1, -0.05) is 0 Å². The Bertz CT molecular complexity index is 562.